The highest BCUT2D eigenvalue weighted by Gasteiger charge is 2.39. The molecule has 3 aliphatic rings. The summed E-state index contributed by atoms with van der Waals surface area (Å²) in [6.45, 7) is 5.28. The van der Waals surface area contributed by atoms with Gasteiger partial charge in [-0.15, -0.1) is 0 Å². The number of aromatic nitrogens is 1. The van der Waals surface area contributed by atoms with Crippen LogP contribution in [0.5, 0.6) is 0 Å². The summed E-state index contributed by atoms with van der Waals surface area (Å²) < 4.78 is 2.46. The minimum atomic E-state index is 0.0373. The van der Waals surface area contributed by atoms with Crippen LogP contribution < -0.4 is 0 Å². The van der Waals surface area contributed by atoms with Crippen molar-refractivity contribution in [2.24, 2.45) is 18.9 Å². The quantitative estimate of drug-likeness (QED) is 0.667. The van der Waals surface area contributed by atoms with Gasteiger partial charge in [0.15, 0.2) is 0 Å². The Labute approximate surface area is 174 Å². The number of aryl methyl sites for hydroxylation is 1. The summed E-state index contributed by atoms with van der Waals surface area (Å²) in [7, 11) is 4.47. The molecule has 0 spiro atoms. The fourth-order valence-corrected chi connectivity index (χ4v) is 5.91. The Morgan fingerprint density at radius 2 is 1.93 bits per heavy atom. The molecule has 2 aliphatic carbocycles. The number of benzene rings is 1. The van der Waals surface area contributed by atoms with Crippen LogP contribution in [0.1, 0.15) is 68.7 Å². The number of rotatable bonds is 6. The van der Waals surface area contributed by atoms with Crippen molar-refractivity contribution in [2.75, 3.05) is 13.6 Å². The van der Waals surface area contributed by atoms with Crippen molar-refractivity contribution in [2.45, 2.75) is 64.3 Å². The highest BCUT2D eigenvalue weighted by Crippen LogP contribution is 2.49. The Morgan fingerprint density at radius 3 is 2.62 bits per heavy atom. The second-order valence-electron chi connectivity index (χ2n) is 9.64. The van der Waals surface area contributed by atoms with Crippen molar-refractivity contribution in [3.8, 4) is 0 Å². The standard InChI is InChI=1S/C26H34N2O/c1-5-16(6-2)12-24(29)18-13-20-19-8-7-9-22-25(19)21(14-23(20)27(3)15-18)26(28(22)4)17-10-11-17/h7-9,13,16-18,23H,5-6,10-12,14-15H2,1-4H3/t18?,23-/m1/s1. The number of Topliss-reactive ketones (excluding diaryl/α,β-unsaturated/α-hetero) is 1. The fraction of sp³-hybridized carbons (Fsp3) is 0.577. The van der Waals surface area contributed by atoms with Crippen molar-refractivity contribution in [3.05, 3.63) is 41.1 Å². The molecule has 3 heteroatoms. The zero-order chi connectivity index (χ0) is 20.3. The van der Waals surface area contributed by atoms with Crippen LogP contribution in [-0.4, -0.2) is 34.9 Å². The third kappa shape index (κ3) is 3.01. The second kappa shape index (κ2) is 7.12. The van der Waals surface area contributed by atoms with Crippen LogP contribution in [0, 0.1) is 11.8 Å². The Kier molecular flexibility index (Phi) is 4.70. The first kappa shape index (κ1) is 19.1. The summed E-state index contributed by atoms with van der Waals surface area (Å²) in [6, 6.07) is 7.18. The molecule has 1 fully saturated rings. The van der Waals surface area contributed by atoms with E-state index in [0.717, 1.165) is 38.1 Å². The van der Waals surface area contributed by atoms with Crippen LogP contribution in [0.15, 0.2) is 24.3 Å². The van der Waals surface area contributed by atoms with Crippen molar-refractivity contribution in [1.29, 1.82) is 0 Å². The Balaban J connectivity index is 1.58. The molecule has 0 amide bonds. The minimum Gasteiger partial charge on any atom is -0.347 e. The molecule has 3 nitrogen and oxygen atoms in total. The molecule has 5 rings (SSSR count). The molecule has 1 unspecified atom stereocenters. The molecule has 2 aromatic rings. The second-order valence-corrected chi connectivity index (χ2v) is 9.64. The lowest BCUT2D eigenvalue weighted by molar-refractivity contribution is -0.123. The summed E-state index contributed by atoms with van der Waals surface area (Å²) in [6.07, 6.45) is 9.03. The lowest BCUT2D eigenvalue weighted by atomic mass is 9.77. The van der Waals surface area contributed by atoms with E-state index < -0.39 is 0 Å². The van der Waals surface area contributed by atoms with Gasteiger partial charge in [0.25, 0.3) is 0 Å². The Morgan fingerprint density at radius 1 is 1.17 bits per heavy atom. The first-order chi connectivity index (χ1) is 14.0. The third-order valence-corrected chi connectivity index (χ3v) is 7.86. The lowest BCUT2D eigenvalue weighted by Gasteiger charge is -2.40. The molecule has 0 bridgehead atoms. The topological polar surface area (TPSA) is 25.2 Å². The first-order valence-electron chi connectivity index (χ1n) is 11.6. The largest absolute Gasteiger partial charge is 0.347 e. The molecule has 2 heterocycles. The van der Waals surface area contributed by atoms with E-state index in [0.29, 0.717) is 17.7 Å². The number of carbonyl (C=O) groups is 1. The Hall–Kier alpha value is -1.87. The van der Waals surface area contributed by atoms with Gasteiger partial charge in [-0.1, -0.05) is 44.9 Å². The van der Waals surface area contributed by atoms with Gasteiger partial charge in [-0.05, 0) is 60.9 Å². The maximum atomic E-state index is 13.1. The number of nitrogens with zero attached hydrogens (tertiary/aromatic N) is 2. The molecular weight excluding hydrogens is 356 g/mol. The highest BCUT2D eigenvalue weighted by molar-refractivity contribution is 6.00. The number of likely N-dealkylation sites (N-methyl/N-ethyl adjacent to an activating group) is 1. The van der Waals surface area contributed by atoms with Gasteiger partial charge in [-0.25, -0.2) is 0 Å². The van der Waals surface area contributed by atoms with Gasteiger partial charge >= 0.3 is 0 Å². The minimum absolute atomic E-state index is 0.0373. The van der Waals surface area contributed by atoms with Crippen molar-refractivity contribution < 1.29 is 4.79 Å². The lowest BCUT2D eigenvalue weighted by Crippen LogP contribution is -2.44. The van der Waals surface area contributed by atoms with E-state index in [9.17, 15) is 4.79 Å². The molecule has 1 aromatic heterocycles. The zero-order valence-corrected chi connectivity index (χ0v) is 18.4. The molecule has 2 atom stereocenters. The van der Waals surface area contributed by atoms with E-state index in [2.05, 4.69) is 61.7 Å². The van der Waals surface area contributed by atoms with Crippen LogP contribution in [-0.2, 0) is 18.3 Å². The summed E-state index contributed by atoms with van der Waals surface area (Å²) in [4.78, 5) is 15.6. The van der Waals surface area contributed by atoms with Gasteiger partial charge in [0, 0.05) is 48.6 Å². The average Bonchev–Trinajstić information content (AvgIpc) is 3.52. The predicted molar refractivity (Wildman–Crippen MR) is 120 cm³/mol. The number of hydrogen-bond donors (Lipinski definition) is 0. The molecule has 0 N–H and O–H groups in total. The third-order valence-electron chi connectivity index (χ3n) is 7.86. The summed E-state index contributed by atoms with van der Waals surface area (Å²) >= 11 is 0. The monoisotopic (exact) mass is 390 g/mol. The van der Waals surface area contributed by atoms with E-state index in [1.807, 2.05) is 0 Å². The van der Waals surface area contributed by atoms with E-state index >= 15 is 0 Å². The van der Waals surface area contributed by atoms with Crippen LogP contribution >= 0.6 is 0 Å². The molecule has 0 saturated heterocycles. The molecule has 29 heavy (non-hydrogen) atoms. The van der Waals surface area contributed by atoms with Gasteiger partial charge in [0.05, 0.1) is 0 Å². The number of fused-ring (bicyclic) bond motifs is 2. The van der Waals surface area contributed by atoms with E-state index in [1.54, 1.807) is 11.3 Å². The van der Waals surface area contributed by atoms with Gasteiger partial charge < -0.3 is 4.57 Å². The number of carbonyl (C=O) groups excluding carboxylic acids is 1. The van der Waals surface area contributed by atoms with Gasteiger partial charge in [0.1, 0.15) is 5.78 Å². The van der Waals surface area contributed by atoms with E-state index in [4.69, 9.17) is 0 Å². The van der Waals surface area contributed by atoms with Crippen molar-refractivity contribution >= 4 is 22.3 Å². The van der Waals surface area contributed by atoms with Crippen LogP contribution in [0.3, 0.4) is 0 Å². The maximum absolute atomic E-state index is 13.1. The van der Waals surface area contributed by atoms with Crippen LogP contribution in [0.25, 0.3) is 16.5 Å². The summed E-state index contributed by atoms with van der Waals surface area (Å²) in [5.41, 5.74) is 7.30. The van der Waals surface area contributed by atoms with Gasteiger partial charge in [-0.2, -0.15) is 0 Å². The number of ketones is 1. The smallest absolute Gasteiger partial charge is 0.141 e. The molecular formula is C26H34N2O. The fourth-order valence-electron chi connectivity index (χ4n) is 5.91. The normalized spacial score (nSPS) is 24.1. The highest BCUT2D eigenvalue weighted by atomic mass is 16.1. The van der Waals surface area contributed by atoms with Crippen molar-refractivity contribution in [1.82, 2.24) is 9.47 Å². The maximum Gasteiger partial charge on any atom is 0.141 e. The molecule has 0 radical (unpaired) electrons. The SMILES string of the molecule is CCC(CC)CC(=O)C1C=C2c3cccc4c3c(c(C3CC3)n4C)C[C@H]2N(C)C1. The van der Waals surface area contributed by atoms with Gasteiger partial charge in [0.2, 0.25) is 0 Å². The van der Waals surface area contributed by atoms with E-state index in [1.165, 1.54) is 34.9 Å². The molecule has 1 aliphatic heterocycles. The average molecular weight is 391 g/mol. The molecule has 1 saturated carbocycles. The van der Waals surface area contributed by atoms with Crippen molar-refractivity contribution in [3.63, 3.8) is 0 Å². The predicted octanol–water partition coefficient (Wildman–Crippen LogP) is 5.32. The van der Waals surface area contributed by atoms with Crippen LogP contribution in [0.2, 0.25) is 0 Å². The molecule has 1 aromatic carbocycles. The first-order valence-corrected chi connectivity index (χ1v) is 11.6. The summed E-state index contributed by atoms with van der Waals surface area (Å²) in [5, 5.41) is 1.46. The Bertz CT molecular complexity index is 990. The van der Waals surface area contributed by atoms with E-state index in [-0.39, 0.29) is 5.92 Å². The summed E-state index contributed by atoms with van der Waals surface area (Å²) in [5.74, 6) is 1.75. The van der Waals surface area contributed by atoms with Crippen LogP contribution in [0.4, 0.5) is 0 Å². The molecule has 154 valence electrons. The zero-order valence-electron chi connectivity index (χ0n) is 18.4. The number of hydrogen-bond acceptors (Lipinski definition) is 2. The van der Waals surface area contributed by atoms with Gasteiger partial charge in [-0.3, -0.25) is 9.69 Å².